The Morgan fingerprint density at radius 2 is 1.88 bits per heavy atom. The minimum atomic E-state index is -0.232. The first-order chi connectivity index (χ1) is 12.2. The smallest absolute Gasteiger partial charge is 0.254 e. The molecule has 7 heteroatoms. The summed E-state index contributed by atoms with van der Waals surface area (Å²) in [5, 5.41) is 5.88. The van der Waals surface area contributed by atoms with E-state index in [0.717, 1.165) is 17.0 Å². The Hall–Kier alpha value is -3.48. The molecule has 3 aromatic rings. The molecule has 0 saturated carbocycles. The topological polar surface area (TPSA) is 89.0 Å². The van der Waals surface area contributed by atoms with Crippen LogP contribution in [0.3, 0.4) is 0 Å². The number of carbonyl (C=O) groups is 1. The fourth-order valence-electron chi connectivity index (χ4n) is 2.12. The minimum Gasteiger partial charge on any atom is -0.497 e. The van der Waals surface area contributed by atoms with Crippen LogP contribution in [0.5, 0.6) is 5.75 Å². The quantitative estimate of drug-likeness (QED) is 0.720. The second kappa shape index (κ2) is 7.87. The molecule has 0 saturated heterocycles. The highest BCUT2D eigenvalue weighted by Gasteiger charge is 2.07. The molecule has 0 aliphatic carbocycles. The second-order valence-corrected chi connectivity index (χ2v) is 5.19. The zero-order chi connectivity index (χ0) is 17.5. The summed E-state index contributed by atoms with van der Waals surface area (Å²) >= 11 is 0. The van der Waals surface area contributed by atoms with E-state index < -0.39 is 0 Å². The van der Waals surface area contributed by atoms with Crippen LogP contribution in [0, 0.1) is 0 Å². The lowest BCUT2D eigenvalue weighted by Gasteiger charge is -2.08. The molecule has 2 aromatic heterocycles. The average Bonchev–Trinajstić information content (AvgIpc) is 2.67. The largest absolute Gasteiger partial charge is 0.497 e. The van der Waals surface area contributed by atoms with Gasteiger partial charge in [-0.25, -0.2) is 9.97 Å². The van der Waals surface area contributed by atoms with E-state index in [9.17, 15) is 4.79 Å². The van der Waals surface area contributed by atoms with Gasteiger partial charge in [0.15, 0.2) is 0 Å². The van der Waals surface area contributed by atoms with Crippen molar-refractivity contribution in [2.24, 2.45) is 0 Å². The van der Waals surface area contributed by atoms with Gasteiger partial charge in [-0.15, -0.1) is 0 Å². The fourth-order valence-corrected chi connectivity index (χ4v) is 2.12. The lowest BCUT2D eigenvalue weighted by atomic mass is 10.2. The summed E-state index contributed by atoms with van der Waals surface area (Å²) in [5.74, 6) is 0.904. The van der Waals surface area contributed by atoms with Crippen LogP contribution in [0.25, 0.3) is 0 Å². The van der Waals surface area contributed by atoms with Gasteiger partial charge in [-0.1, -0.05) is 6.07 Å². The molecule has 0 unspecified atom stereocenters. The standard InChI is InChI=1S/C18H17N5O2/c1-25-16-4-2-3-15(9-16)23-18-21-11-14(12-22-18)17(24)20-10-13-5-7-19-8-6-13/h2-9,11-12H,10H2,1H3,(H,20,24)(H,21,22,23). The number of nitrogens with zero attached hydrogens (tertiary/aromatic N) is 3. The van der Waals surface area contributed by atoms with E-state index in [1.54, 1.807) is 19.5 Å². The van der Waals surface area contributed by atoms with Gasteiger partial charge in [-0.3, -0.25) is 9.78 Å². The maximum absolute atomic E-state index is 12.1. The number of rotatable bonds is 6. The van der Waals surface area contributed by atoms with Crippen molar-refractivity contribution in [2.75, 3.05) is 12.4 Å². The van der Waals surface area contributed by atoms with Crippen LogP contribution in [-0.2, 0) is 6.54 Å². The monoisotopic (exact) mass is 335 g/mol. The minimum absolute atomic E-state index is 0.232. The Kier molecular flexibility index (Phi) is 5.16. The van der Waals surface area contributed by atoms with Crippen molar-refractivity contribution in [3.8, 4) is 5.75 Å². The second-order valence-electron chi connectivity index (χ2n) is 5.19. The molecule has 0 atom stereocenters. The number of amides is 1. The van der Waals surface area contributed by atoms with Crippen LogP contribution in [0.4, 0.5) is 11.6 Å². The highest BCUT2D eigenvalue weighted by molar-refractivity contribution is 5.93. The van der Waals surface area contributed by atoms with E-state index in [4.69, 9.17) is 4.74 Å². The summed E-state index contributed by atoms with van der Waals surface area (Å²) in [5.41, 5.74) is 2.17. The maximum atomic E-state index is 12.1. The molecule has 1 amide bonds. The first-order valence-corrected chi connectivity index (χ1v) is 7.65. The Balaban J connectivity index is 1.60. The summed E-state index contributed by atoms with van der Waals surface area (Å²) in [6, 6.07) is 11.1. The van der Waals surface area contributed by atoms with Gasteiger partial charge in [0.1, 0.15) is 5.75 Å². The molecule has 2 N–H and O–H groups in total. The van der Waals surface area contributed by atoms with Crippen LogP contribution in [0.2, 0.25) is 0 Å². The molecule has 0 spiro atoms. The predicted octanol–water partition coefficient (Wildman–Crippen LogP) is 2.55. The number of benzene rings is 1. The Morgan fingerprint density at radius 3 is 2.60 bits per heavy atom. The van der Waals surface area contributed by atoms with E-state index in [1.807, 2.05) is 36.4 Å². The fraction of sp³-hybridized carbons (Fsp3) is 0.111. The summed E-state index contributed by atoms with van der Waals surface area (Å²) in [4.78, 5) is 24.4. The zero-order valence-electron chi connectivity index (χ0n) is 13.6. The maximum Gasteiger partial charge on any atom is 0.254 e. The predicted molar refractivity (Wildman–Crippen MR) is 93.7 cm³/mol. The number of nitrogens with one attached hydrogen (secondary N) is 2. The van der Waals surface area contributed by atoms with Gasteiger partial charge < -0.3 is 15.4 Å². The number of hydrogen-bond acceptors (Lipinski definition) is 6. The zero-order valence-corrected chi connectivity index (χ0v) is 13.6. The normalized spacial score (nSPS) is 10.1. The number of ether oxygens (including phenoxy) is 1. The molecule has 1 aromatic carbocycles. The molecule has 126 valence electrons. The van der Waals surface area contributed by atoms with Gasteiger partial charge in [0, 0.05) is 43.1 Å². The summed E-state index contributed by atoms with van der Waals surface area (Å²) in [6.07, 6.45) is 6.34. The van der Waals surface area contributed by atoms with Gasteiger partial charge in [0.25, 0.3) is 5.91 Å². The number of methoxy groups -OCH3 is 1. The molecule has 2 heterocycles. The van der Waals surface area contributed by atoms with Crippen LogP contribution < -0.4 is 15.4 Å². The molecular weight excluding hydrogens is 318 g/mol. The van der Waals surface area contributed by atoms with Gasteiger partial charge in [0.2, 0.25) is 5.95 Å². The van der Waals surface area contributed by atoms with Crippen LogP contribution in [0.15, 0.2) is 61.2 Å². The number of pyridine rings is 1. The van der Waals surface area contributed by atoms with Crippen molar-refractivity contribution in [1.29, 1.82) is 0 Å². The third-order valence-corrected chi connectivity index (χ3v) is 3.44. The number of carbonyl (C=O) groups excluding carboxylic acids is 1. The molecule has 25 heavy (non-hydrogen) atoms. The lowest BCUT2D eigenvalue weighted by Crippen LogP contribution is -2.23. The lowest BCUT2D eigenvalue weighted by molar-refractivity contribution is 0.0950. The van der Waals surface area contributed by atoms with E-state index in [0.29, 0.717) is 18.1 Å². The Morgan fingerprint density at radius 1 is 1.12 bits per heavy atom. The summed E-state index contributed by atoms with van der Waals surface area (Å²) in [6.45, 7) is 0.422. The Labute approximate surface area is 145 Å². The van der Waals surface area contributed by atoms with Gasteiger partial charge in [0.05, 0.1) is 12.7 Å². The summed E-state index contributed by atoms with van der Waals surface area (Å²) in [7, 11) is 1.61. The van der Waals surface area contributed by atoms with E-state index >= 15 is 0 Å². The highest BCUT2D eigenvalue weighted by Crippen LogP contribution is 2.19. The molecule has 0 bridgehead atoms. The molecule has 0 fully saturated rings. The van der Waals surface area contributed by atoms with Gasteiger partial charge in [-0.05, 0) is 29.8 Å². The van der Waals surface area contributed by atoms with Crippen molar-refractivity contribution in [1.82, 2.24) is 20.3 Å². The van der Waals surface area contributed by atoms with Crippen molar-refractivity contribution < 1.29 is 9.53 Å². The van der Waals surface area contributed by atoms with Gasteiger partial charge in [-0.2, -0.15) is 0 Å². The van der Waals surface area contributed by atoms with E-state index in [2.05, 4.69) is 25.6 Å². The van der Waals surface area contributed by atoms with Crippen LogP contribution in [0.1, 0.15) is 15.9 Å². The number of hydrogen-bond donors (Lipinski definition) is 2. The third kappa shape index (κ3) is 4.51. The molecule has 0 aliphatic heterocycles. The number of aromatic nitrogens is 3. The van der Waals surface area contributed by atoms with Crippen molar-refractivity contribution in [3.05, 3.63) is 72.3 Å². The van der Waals surface area contributed by atoms with E-state index in [-0.39, 0.29) is 5.91 Å². The first-order valence-electron chi connectivity index (χ1n) is 7.65. The molecular formula is C18H17N5O2. The van der Waals surface area contributed by atoms with Crippen molar-refractivity contribution >= 4 is 17.5 Å². The van der Waals surface area contributed by atoms with Crippen molar-refractivity contribution in [3.63, 3.8) is 0 Å². The van der Waals surface area contributed by atoms with Crippen LogP contribution >= 0.6 is 0 Å². The first kappa shape index (κ1) is 16.4. The Bertz CT molecular complexity index is 838. The molecule has 7 nitrogen and oxygen atoms in total. The highest BCUT2D eigenvalue weighted by atomic mass is 16.5. The van der Waals surface area contributed by atoms with Crippen molar-refractivity contribution in [2.45, 2.75) is 6.54 Å². The average molecular weight is 335 g/mol. The molecule has 0 aliphatic rings. The van der Waals surface area contributed by atoms with E-state index in [1.165, 1.54) is 12.4 Å². The number of anilines is 2. The molecule has 3 rings (SSSR count). The van der Waals surface area contributed by atoms with Crippen LogP contribution in [-0.4, -0.2) is 28.0 Å². The molecule has 0 radical (unpaired) electrons. The summed E-state index contributed by atoms with van der Waals surface area (Å²) < 4.78 is 5.17. The SMILES string of the molecule is COc1cccc(Nc2ncc(C(=O)NCc3ccncc3)cn2)c1. The van der Waals surface area contributed by atoms with Gasteiger partial charge >= 0.3 is 0 Å². The third-order valence-electron chi connectivity index (χ3n) is 3.44.